The van der Waals surface area contributed by atoms with Gasteiger partial charge in [0, 0.05) is 16.3 Å². The van der Waals surface area contributed by atoms with Crippen LogP contribution in [0.1, 0.15) is 6.92 Å². The monoisotopic (exact) mass is 256 g/mol. The Hall–Kier alpha value is -0.450. The number of nitrogens with two attached hydrogens (primary N) is 1. The Balaban J connectivity index is 0. The summed E-state index contributed by atoms with van der Waals surface area (Å²) in [6.07, 6.45) is 0. The summed E-state index contributed by atoms with van der Waals surface area (Å²) in [4.78, 5) is 0.555. The lowest BCUT2D eigenvalue weighted by Gasteiger charge is -2.03. The molecule has 0 aliphatic carbocycles. The number of rotatable bonds is 2. The summed E-state index contributed by atoms with van der Waals surface area (Å²) in [6.45, 7) is 1.74. The van der Waals surface area contributed by atoms with Gasteiger partial charge in [-0.05, 0) is 24.3 Å². The highest BCUT2D eigenvalue weighted by molar-refractivity contribution is 7.92. The Kier molecular flexibility index (Phi) is 6.98. The molecule has 0 radical (unpaired) electrons. The van der Waals surface area contributed by atoms with Crippen molar-refractivity contribution in [3.8, 4) is 0 Å². The molecular formula is C8H14Cl2N2OS. The van der Waals surface area contributed by atoms with Gasteiger partial charge >= 0.3 is 0 Å². The number of hydrogen-bond acceptors (Lipinski definition) is 3. The number of benzene rings is 1. The highest BCUT2D eigenvalue weighted by atomic mass is 35.5. The number of nitrogens with one attached hydrogen (secondary N) is 1. The van der Waals surface area contributed by atoms with Crippen molar-refractivity contribution in [1.82, 2.24) is 0 Å². The van der Waals surface area contributed by atoms with Crippen molar-refractivity contribution in [1.29, 1.82) is 4.78 Å². The highest BCUT2D eigenvalue weighted by Gasteiger charge is 2.05. The fourth-order valence-electron chi connectivity index (χ4n) is 0.854. The van der Waals surface area contributed by atoms with E-state index in [0.717, 1.165) is 0 Å². The van der Waals surface area contributed by atoms with E-state index in [-0.39, 0.29) is 24.8 Å². The lowest BCUT2D eigenvalue weighted by molar-refractivity contribution is 0.675. The van der Waals surface area contributed by atoms with E-state index in [1.54, 1.807) is 31.2 Å². The minimum Gasteiger partial charge on any atom is -0.399 e. The molecule has 1 rings (SSSR count). The van der Waals surface area contributed by atoms with E-state index in [1.807, 2.05) is 0 Å². The van der Waals surface area contributed by atoms with E-state index in [1.165, 1.54) is 0 Å². The van der Waals surface area contributed by atoms with Crippen LogP contribution in [0.15, 0.2) is 29.2 Å². The fourth-order valence-corrected chi connectivity index (χ4v) is 1.76. The first kappa shape index (κ1) is 16.0. The van der Waals surface area contributed by atoms with Gasteiger partial charge < -0.3 is 5.73 Å². The molecule has 3 N–H and O–H groups in total. The van der Waals surface area contributed by atoms with E-state index in [2.05, 4.69) is 0 Å². The van der Waals surface area contributed by atoms with Gasteiger partial charge in [0.05, 0.1) is 9.73 Å². The van der Waals surface area contributed by atoms with Crippen LogP contribution in [0.4, 0.5) is 5.69 Å². The Morgan fingerprint density at radius 3 is 2.07 bits per heavy atom. The summed E-state index contributed by atoms with van der Waals surface area (Å²) in [5, 5.41) is 0. The number of halogens is 2. The molecule has 0 aromatic heterocycles. The number of nitrogen functional groups attached to an aromatic ring is 1. The molecule has 1 unspecified atom stereocenters. The lowest BCUT2D eigenvalue weighted by atomic mass is 10.3. The molecule has 3 nitrogen and oxygen atoms in total. The van der Waals surface area contributed by atoms with Gasteiger partial charge in [-0.3, -0.25) is 0 Å². The molecule has 1 aromatic rings. The lowest BCUT2D eigenvalue weighted by Crippen LogP contribution is -2.01. The van der Waals surface area contributed by atoms with Crippen LogP contribution in [0.25, 0.3) is 0 Å². The van der Waals surface area contributed by atoms with Gasteiger partial charge in [0.25, 0.3) is 0 Å². The first-order chi connectivity index (χ1) is 5.56. The largest absolute Gasteiger partial charge is 0.399 e. The number of hydrogen-bond donors (Lipinski definition) is 2. The van der Waals surface area contributed by atoms with E-state index >= 15 is 0 Å². The molecule has 0 aliphatic heterocycles. The summed E-state index contributed by atoms with van der Waals surface area (Å²) in [6, 6.07) is 6.63. The average molecular weight is 257 g/mol. The number of anilines is 1. The molecule has 1 aromatic carbocycles. The van der Waals surface area contributed by atoms with E-state index < -0.39 is 9.73 Å². The Bertz CT molecular complexity index is 361. The van der Waals surface area contributed by atoms with Gasteiger partial charge in [-0.15, -0.1) is 24.8 Å². The summed E-state index contributed by atoms with van der Waals surface area (Å²) in [5.41, 5.74) is 6.09. The van der Waals surface area contributed by atoms with Crippen molar-refractivity contribution in [2.45, 2.75) is 11.8 Å². The second kappa shape index (κ2) is 6.11. The smallest absolute Gasteiger partial charge is 0.0723 e. The van der Waals surface area contributed by atoms with Gasteiger partial charge in [0.15, 0.2) is 0 Å². The normalized spacial score (nSPS) is 13.2. The molecule has 0 aliphatic rings. The van der Waals surface area contributed by atoms with Crippen LogP contribution in [-0.2, 0) is 9.73 Å². The van der Waals surface area contributed by atoms with E-state index in [9.17, 15) is 4.21 Å². The molecule has 0 amide bonds. The molecule has 0 spiro atoms. The molecule has 1 atom stereocenters. The molecule has 0 saturated carbocycles. The molecule has 6 heteroatoms. The quantitative estimate of drug-likeness (QED) is 0.799. The third kappa shape index (κ3) is 3.74. The minimum absolute atomic E-state index is 0. The zero-order valence-corrected chi connectivity index (χ0v) is 10.2. The molecule has 0 saturated heterocycles. The second-order valence-corrected chi connectivity index (χ2v) is 4.93. The Morgan fingerprint density at radius 2 is 1.71 bits per heavy atom. The second-order valence-electron chi connectivity index (χ2n) is 2.53. The van der Waals surface area contributed by atoms with Crippen LogP contribution in [0.2, 0.25) is 0 Å². The van der Waals surface area contributed by atoms with Crippen LogP contribution >= 0.6 is 24.8 Å². The standard InChI is InChI=1S/C8H12N2OS.2ClH/c1-2-12(10,11)8-5-3-7(9)4-6-8;;/h3-6,10H,2,9H2,1H3;2*1H. The van der Waals surface area contributed by atoms with Crippen LogP contribution in [0.5, 0.6) is 0 Å². The Labute approximate surface area is 96.9 Å². The molecule has 0 fully saturated rings. The van der Waals surface area contributed by atoms with Crippen LogP contribution < -0.4 is 5.73 Å². The van der Waals surface area contributed by atoms with Crippen molar-refractivity contribution >= 4 is 40.2 Å². The Morgan fingerprint density at radius 1 is 1.29 bits per heavy atom. The minimum atomic E-state index is -2.57. The maximum Gasteiger partial charge on any atom is 0.0723 e. The third-order valence-corrected chi connectivity index (χ3v) is 3.51. The molecule has 0 bridgehead atoms. The average Bonchev–Trinajstić information content (AvgIpc) is 2.05. The molecule has 82 valence electrons. The van der Waals surface area contributed by atoms with E-state index in [4.69, 9.17) is 10.5 Å². The SMILES string of the molecule is CCS(=N)(=O)c1ccc(N)cc1.Cl.Cl. The van der Waals surface area contributed by atoms with Gasteiger partial charge in [-0.1, -0.05) is 6.92 Å². The first-order valence-electron chi connectivity index (χ1n) is 3.68. The van der Waals surface area contributed by atoms with Gasteiger partial charge in [0.2, 0.25) is 0 Å². The van der Waals surface area contributed by atoms with Crippen molar-refractivity contribution in [2.75, 3.05) is 11.5 Å². The van der Waals surface area contributed by atoms with Crippen LogP contribution in [0, 0.1) is 4.78 Å². The summed E-state index contributed by atoms with van der Waals surface area (Å²) in [7, 11) is -2.57. The zero-order chi connectivity index (χ0) is 9.19. The maximum absolute atomic E-state index is 11.5. The van der Waals surface area contributed by atoms with E-state index in [0.29, 0.717) is 16.3 Å². The summed E-state index contributed by atoms with van der Waals surface area (Å²) < 4.78 is 19.0. The molecule has 14 heavy (non-hydrogen) atoms. The van der Waals surface area contributed by atoms with Crippen LogP contribution in [-0.4, -0.2) is 9.96 Å². The van der Waals surface area contributed by atoms with Crippen molar-refractivity contribution < 1.29 is 4.21 Å². The van der Waals surface area contributed by atoms with Crippen LogP contribution in [0.3, 0.4) is 0 Å². The fraction of sp³-hybridized carbons (Fsp3) is 0.250. The van der Waals surface area contributed by atoms with Gasteiger partial charge in [-0.2, -0.15) is 0 Å². The van der Waals surface area contributed by atoms with Crippen molar-refractivity contribution in [3.63, 3.8) is 0 Å². The topological polar surface area (TPSA) is 66.9 Å². The van der Waals surface area contributed by atoms with Gasteiger partial charge in [-0.25, -0.2) is 8.99 Å². The zero-order valence-electron chi connectivity index (χ0n) is 7.73. The highest BCUT2D eigenvalue weighted by Crippen LogP contribution is 2.13. The predicted octanol–water partition coefficient (Wildman–Crippen LogP) is 2.54. The third-order valence-electron chi connectivity index (χ3n) is 1.67. The maximum atomic E-state index is 11.5. The predicted molar refractivity (Wildman–Crippen MR) is 65.0 cm³/mol. The summed E-state index contributed by atoms with van der Waals surface area (Å²) in [5.74, 6) is 0.344. The van der Waals surface area contributed by atoms with Crippen molar-refractivity contribution in [2.24, 2.45) is 0 Å². The molecular weight excluding hydrogens is 243 g/mol. The van der Waals surface area contributed by atoms with Gasteiger partial charge in [0.1, 0.15) is 0 Å². The van der Waals surface area contributed by atoms with Crippen molar-refractivity contribution in [3.05, 3.63) is 24.3 Å². The first-order valence-corrected chi connectivity index (χ1v) is 5.41. The summed E-state index contributed by atoms with van der Waals surface area (Å²) >= 11 is 0. The molecule has 0 heterocycles.